The fourth-order valence-corrected chi connectivity index (χ4v) is 4.64. The van der Waals surface area contributed by atoms with Crippen molar-refractivity contribution in [2.75, 3.05) is 19.7 Å². The number of aryl methyl sites for hydroxylation is 1. The second-order valence-corrected chi connectivity index (χ2v) is 8.51. The molecule has 1 saturated carbocycles. The summed E-state index contributed by atoms with van der Waals surface area (Å²) in [4.78, 5) is 12.3. The van der Waals surface area contributed by atoms with Crippen LogP contribution in [0.4, 0.5) is 0 Å². The second kappa shape index (κ2) is 8.08. The van der Waals surface area contributed by atoms with Crippen LogP contribution in [-0.2, 0) is 4.74 Å². The van der Waals surface area contributed by atoms with Crippen LogP contribution in [0.1, 0.15) is 66.4 Å². The summed E-state index contributed by atoms with van der Waals surface area (Å²) in [6, 6.07) is 14.9. The third kappa shape index (κ3) is 3.86. The molecule has 0 unspecified atom stereocenters. The Morgan fingerprint density at radius 2 is 1.89 bits per heavy atom. The molecule has 3 heteroatoms. The van der Waals surface area contributed by atoms with Gasteiger partial charge >= 0.3 is 5.97 Å². The topological polar surface area (TPSA) is 38.3 Å². The van der Waals surface area contributed by atoms with Crippen LogP contribution in [0.2, 0.25) is 0 Å². The molecule has 0 radical (unpaired) electrons. The third-order valence-electron chi connectivity index (χ3n) is 6.62. The van der Waals surface area contributed by atoms with Crippen LogP contribution in [0.3, 0.4) is 0 Å². The molecule has 2 fully saturated rings. The van der Waals surface area contributed by atoms with Crippen LogP contribution >= 0.6 is 0 Å². The maximum Gasteiger partial charge on any atom is 0.338 e. The maximum atomic E-state index is 12.3. The van der Waals surface area contributed by atoms with Crippen molar-refractivity contribution in [2.24, 2.45) is 5.41 Å². The summed E-state index contributed by atoms with van der Waals surface area (Å²) in [6.45, 7) is 7.01. The second-order valence-electron chi connectivity index (χ2n) is 8.51. The molecule has 1 aliphatic carbocycles. The molecular formula is C25H31NO2. The monoisotopic (exact) mass is 377 g/mol. The van der Waals surface area contributed by atoms with Gasteiger partial charge in [0.2, 0.25) is 0 Å². The molecule has 0 aromatic heterocycles. The van der Waals surface area contributed by atoms with E-state index in [2.05, 4.69) is 43.4 Å². The predicted molar refractivity (Wildman–Crippen MR) is 114 cm³/mol. The Morgan fingerprint density at radius 3 is 2.61 bits per heavy atom. The number of ether oxygens (including phenoxy) is 1. The number of carbonyl (C=O) groups is 1. The average Bonchev–Trinajstić information content (AvgIpc) is 3.41. The number of nitrogens with one attached hydrogen (secondary N) is 1. The number of benzene rings is 2. The smallest absolute Gasteiger partial charge is 0.338 e. The minimum atomic E-state index is -0.225. The van der Waals surface area contributed by atoms with Gasteiger partial charge in [-0.1, -0.05) is 43.7 Å². The van der Waals surface area contributed by atoms with E-state index in [1.54, 1.807) is 0 Å². The van der Waals surface area contributed by atoms with Crippen molar-refractivity contribution in [3.05, 3.63) is 59.2 Å². The minimum absolute atomic E-state index is 0.225. The van der Waals surface area contributed by atoms with Gasteiger partial charge in [0, 0.05) is 0 Å². The van der Waals surface area contributed by atoms with E-state index in [1.807, 2.05) is 18.2 Å². The van der Waals surface area contributed by atoms with Crippen molar-refractivity contribution in [1.82, 2.24) is 5.32 Å². The quantitative estimate of drug-likeness (QED) is 0.535. The third-order valence-corrected chi connectivity index (χ3v) is 6.62. The lowest BCUT2D eigenvalue weighted by Crippen LogP contribution is -2.29. The van der Waals surface area contributed by atoms with Gasteiger partial charge in [0.05, 0.1) is 12.2 Å². The average molecular weight is 378 g/mol. The van der Waals surface area contributed by atoms with Gasteiger partial charge in [-0.15, -0.1) is 0 Å². The molecule has 1 heterocycles. The van der Waals surface area contributed by atoms with Crippen LogP contribution in [0, 0.1) is 12.3 Å². The first-order valence-corrected chi connectivity index (χ1v) is 10.7. The Bertz CT molecular complexity index is 834. The van der Waals surface area contributed by atoms with Crippen molar-refractivity contribution >= 4 is 5.97 Å². The van der Waals surface area contributed by atoms with Gasteiger partial charge in [0.1, 0.15) is 0 Å². The first kappa shape index (κ1) is 19.2. The van der Waals surface area contributed by atoms with E-state index in [1.165, 1.54) is 36.0 Å². The molecule has 2 aliphatic rings. The molecule has 2 aromatic rings. The Kier molecular flexibility index (Phi) is 5.54. The first-order valence-electron chi connectivity index (χ1n) is 10.7. The van der Waals surface area contributed by atoms with Crippen molar-refractivity contribution in [1.29, 1.82) is 0 Å². The summed E-state index contributed by atoms with van der Waals surface area (Å²) in [5, 5.41) is 3.48. The molecule has 3 nitrogen and oxygen atoms in total. The Morgan fingerprint density at radius 1 is 1.14 bits per heavy atom. The number of carbonyl (C=O) groups excluding carboxylic acids is 1. The number of esters is 1. The Hall–Kier alpha value is -2.13. The highest BCUT2D eigenvalue weighted by molar-refractivity contribution is 5.91. The van der Waals surface area contributed by atoms with Gasteiger partial charge in [-0.2, -0.15) is 0 Å². The zero-order chi connectivity index (χ0) is 19.6. The number of rotatable bonds is 6. The van der Waals surface area contributed by atoms with Crippen molar-refractivity contribution in [2.45, 2.75) is 51.9 Å². The zero-order valence-corrected chi connectivity index (χ0v) is 17.1. The van der Waals surface area contributed by atoms with Crippen LogP contribution in [0.5, 0.6) is 0 Å². The van der Waals surface area contributed by atoms with E-state index in [4.69, 9.17) is 4.74 Å². The Balaban J connectivity index is 1.49. The lowest BCUT2D eigenvalue weighted by Gasteiger charge is -2.23. The SMILES string of the molecule is CCCCOC(=O)c1ccc(C)c(-c2ccc([C@H]3CC34CCNCC4)cc2)c1. The molecular weight excluding hydrogens is 346 g/mol. The van der Waals surface area contributed by atoms with Gasteiger partial charge in [-0.25, -0.2) is 4.79 Å². The zero-order valence-electron chi connectivity index (χ0n) is 17.1. The molecule has 28 heavy (non-hydrogen) atoms. The predicted octanol–water partition coefficient (Wildman–Crippen LogP) is 5.48. The van der Waals surface area contributed by atoms with E-state index in [0.717, 1.165) is 37.4 Å². The molecule has 1 saturated heterocycles. The van der Waals surface area contributed by atoms with E-state index < -0.39 is 0 Å². The fourth-order valence-electron chi connectivity index (χ4n) is 4.64. The summed E-state index contributed by atoms with van der Waals surface area (Å²) in [5.41, 5.74) is 6.13. The van der Waals surface area contributed by atoms with Crippen LogP contribution in [0.15, 0.2) is 42.5 Å². The number of hydrogen-bond acceptors (Lipinski definition) is 3. The fraction of sp³-hybridized carbons (Fsp3) is 0.480. The summed E-state index contributed by atoms with van der Waals surface area (Å²) in [6.07, 6.45) is 5.88. The maximum absolute atomic E-state index is 12.3. The van der Waals surface area contributed by atoms with Crippen LogP contribution in [0.25, 0.3) is 11.1 Å². The highest BCUT2D eigenvalue weighted by Gasteiger charge is 2.54. The van der Waals surface area contributed by atoms with Gasteiger partial charge < -0.3 is 10.1 Å². The van der Waals surface area contributed by atoms with Gasteiger partial charge in [-0.3, -0.25) is 0 Å². The van der Waals surface area contributed by atoms with Crippen molar-refractivity contribution in [3.8, 4) is 11.1 Å². The van der Waals surface area contributed by atoms with Crippen LogP contribution in [-0.4, -0.2) is 25.7 Å². The largest absolute Gasteiger partial charge is 0.462 e. The molecule has 4 rings (SSSR count). The summed E-state index contributed by atoms with van der Waals surface area (Å²) in [7, 11) is 0. The van der Waals surface area contributed by atoms with Gasteiger partial charge in [0.15, 0.2) is 0 Å². The molecule has 1 spiro atoms. The highest BCUT2D eigenvalue weighted by Crippen LogP contribution is 2.64. The lowest BCUT2D eigenvalue weighted by molar-refractivity contribution is 0.0500. The Labute approximate surface area is 168 Å². The van der Waals surface area contributed by atoms with Crippen LogP contribution < -0.4 is 5.32 Å². The molecule has 2 aromatic carbocycles. The van der Waals surface area contributed by atoms with Crippen molar-refractivity contribution in [3.63, 3.8) is 0 Å². The lowest BCUT2D eigenvalue weighted by atomic mass is 9.89. The van der Waals surface area contributed by atoms with Gasteiger partial charge in [-0.05, 0) is 91.4 Å². The highest BCUT2D eigenvalue weighted by atomic mass is 16.5. The van der Waals surface area contributed by atoms with E-state index in [-0.39, 0.29) is 5.97 Å². The molecule has 1 atom stereocenters. The molecule has 0 bridgehead atoms. The van der Waals surface area contributed by atoms with E-state index >= 15 is 0 Å². The standard InChI is InChI=1S/C25H31NO2/c1-3-4-15-28-24(27)21-6-5-18(2)22(16-21)19-7-9-20(10-8-19)23-17-25(23)11-13-26-14-12-25/h5-10,16,23,26H,3-4,11-15,17H2,1-2H3/t23-/m1/s1. The summed E-state index contributed by atoms with van der Waals surface area (Å²) < 4.78 is 5.38. The number of hydrogen-bond donors (Lipinski definition) is 1. The van der Waals surface area contributed by atoms with Gasteiger partial charge in [0.25, 0.3) is 0 Å². The summed E-state index contributed by atoms with van der Waals surface area (Å²) >= 11 is 0. The molecule has 1 aliphatic heterocycles. The summed E-state index contributed by atoms with van der Waals surface area (Å²) in [5.74, 6) is 0.502. The minimum Gasteiger partial charge on any atom is -0.462 e. The van der Waals surface area contributed by atoms with E-state index in [0.29, 0.717) is 17.6 Å². The molecule has 0 amide bonds. The van der Waals surface area contributed by atoms with E-state index in [9.17, 15) is 4.79 Å². The number of unbranched alkanes of at least 4 members (excludes halogenated alkanes) is 1. The first-order chi connectivity index (χ1) is 13.6. The van der Waals surface area contributed by atoms with Crippen molar-refractivity contribution < 1.29 is 9.53 Å². The molecule has 1 N–H and O–H groups in total. The number of piperidine rings is 1. The molecule has 148 valence electrons. The normalized spacial score (nSPS) is 20.1.